The average Bonchev–Trinajstić information content (AvgIpc) is 2.88. The average molecular weight is 321 g/mol. The molecule has 104 valence electrons. The van der Waals surface area contributed by atoms with E-state index in [1.165, 1.54) is 22.9 Å². The molecule has 0 saturated heterocycles. The van der Waals surface area contributed by atoms with Crippen molar-refractivity contribution in [2.45, 2.75) is 34.2 Å². The van der Waals surface area contributed by atoms with Gasteiger partial charge in [0.25, 0.3) is 0 Å². The van der Waals surface area contributed by atoms with E-state index < -0.39 is 0 Å². The molecule has 0 bridgehead atoms. The van der Waals surface area contributed by atoms with Crippen molar-refractivity contribution in [1.29, 1.82) is 5.26 Å². The largest absolute Gasteiger partial charge is 0.197 e. The van der Waals surface area contributed by atoms with E-state index in [4.69, 9.17) is 0 Å². The molecule has 1 heterocycles. The third kappa shape index (κ3) is 4.51. The third-order valence-electron chi connectivity index (χ3n) is 2.58. The van der Waals surface area contributed by atoms with Gasteiger partial charge in [-0.3, -0.25) is 0 Å². The SMILES string of the molecule is CCSc1nnc(SC(C#N)Cc2ccc(C)cc2)s1. The van der Waals surface area contributed by atoms with Crippen LogP contribution in [-0.2, 0) is 6.42 Å². The smallest absolute Gasteiger partial charge is 0.176 e. The number of nitrogens with zero attached hydrogens (tertiary/aromatic N) is 3. The molecule has 0 radical (unpaired) electrons. The summed E-state index contributed by atoms with van der Waals surface area (Å²) >= 11 is 4.76. The van der Waals surface area contributed by atoms with E-state index >= 15 is 0 Å². The number of hydrogen-bond acceptors (Lipinski definition) is 6. The van der Waals surface area contributed by atoms with Gasteiger partial charge in [0.1, 0.15) is 5.25 Å². The zero-order valence-corrected chi connectivity index (χ0v) is 13.8. The molecule has 1 unspecified atom stereocenters. The lowest BCUT2D eigenvalue weighted by Crippen LogP contribution is -2.03. The van der Waals surface area contributed by atoms with Crippen molar-refractivity contribution in [1.82, 2.24) is 10.2 Å². The van der Waals surface area contributed by atoms with Crippen molar-refractivity contribution in [3.05, 3.63) is 35.4 Å². The van der Waals surface area contributed by atoms with Gasteiger partial charge in [0.2, 0.25) is 0 Å². The van der Waals surface area contributed by atoms with E-state index in [0.717, 1.165) is 20.9 Å². The Morgan fingerprint density at radius 3 is 2.60 bits per heavy atom. The van der Waals surface area contributed by atoms with Crippen LogP contribution < -0.4 is 0 Å². The van der Waals surface area contributed by atoms with E-state index in [1.807, 2.05) is 0 Å². The standard InChI is InChI=1S/C14H15N3S3/c1-3-18-13-16-17-14(20-13)19-12(9-15)8-11-6-4-10(2)5-7-11/h4-7,12H,3,8H2,1-2H3. The fourth-order valence-electron chi connectivity index (χ4n) is 1.60. The Morgan fingerprint density at radius 1 is 1.25 bits per heavy atom. The predicted octanol–water partition coefficient (Wildman–Crippen LogP) is 4.19. The van der Waals surface area contributed by atoms with Crippen LogP contribution in [0, 0.1) is 18.3 Å². The molecule has 0 aliphatic carbocycles. The van der Waals surface area contributed by atoms with Gasteiger partial charge < -0.3 is 0 Å². The summed E-state index contributed by atoms with van der Waals surface area (Å²) < 4.78 is 1.85. The third-order valence-corrected chi connectivity index (χ3v) is 5.70. The van der Waals surface area contributed by atoms with Gasteiger partial charge in [0.15, 0.2) is 8.68 Å². The van der Waals surface area contributed by atoms with Crippen molar-refractivity contribution < 1.29 is 0 Å². The topological polar surface area (TPSA) is 49.6 Å². The van der Waals surface area contributed by atoms with E-state index in [-0.39, 0.29) is 5.25 Å². The highest BCUT2D eigenvalue weighted by Crippen LogP contribution is 2.32. The summed E-state index contributed by atoms with van der Waals surface area (Å²) in [7, 11) is 0. The zero-order chi connectivity index (χ0) is 14.4. The number of aryl methyl sites for hydroxylation is 1. The molecule has 2 aromatic rings. The first kappa shape index (κ1) is 15.4. The second-order valence-corrected chi connectivity index (χ2v) is 8.13. The summed E-state index contributed by atoms with van der Waals surface area (Å²) in [5, 5.41) is 17.4. The minimum atomic E-state index is -0.120. The molecule has 1 atom stereocenters. The Hall–Kier alpha value is -1.03. The molecule has 0 aliphatic heterocycles. The maximum Gasteiger partial charge on any atom is 0.176 e. The minimum Gasteiger partial charge on any atom is -0.197 e. The van der Waals surface area contributed by atoms with Crippen molar-refractivity contribution in [3.8, 4) is 6.07 Å². The molecule has 0 amide bonds. The summed E-state index contributed by atoms with van der Waals surface area (Å²) in [6, 6.07) is 10.7. The maximum absolute atomic E-state index is 9.29. The fraction of sp³-hybridized carbons (Fsp3) is 0.357. The lowest BCUT2D eigenvalue weighted by Gasteiger charge is -2.06. The summed E-state index contributed by atoms with van der Waals surface area (Å²) in [6.45, 7) is 4.16. The van der Waals surface area contributed by atoms with Gasteiger partial charge in [0.05, 0.1) is 6.07 Å². The molecule has 3 nitrogen and oxygen atoms in total. The highest BCUT2D eigenvalue weighted by Gasteiger charge is 2.14. The molecule has 0 aliphatic rings. The summed E-state index contributed by atoms with van der Waals surface area (Å²) in [5.74, 6) is 0.990. The van der Waals surface area contributed by atoms with Gasteiger partial charge in [-0.15, -0.1) is 10.2 Å². The van der Waals surface area contributed by atoms with Crippen molar-refractivity contribution >= 4 is 34.9 Å². The van der Waals surface area contributed by atoms with E-state index in [9.17, 15) is 5.26 Å². The van der Waals surface area contributed by atoms with Crippen LogP contribution in [0.1, 0.15) is 18.1 Å². The summed E-state index contributed by atoms with van der Waals surface area (Å²) in [6.07, 6.45) is 0.733. The second-order valence-electron chi connectivity index (χ2n) is 4.19. The van der Waals surface area contributed by atoms with Crippen LogP contribution in [0.15, 0.2) is 32.9 Å². The number of benzene rings is 1. The van der Waals surface area contributed by atoms with Crippen molar-refractivity contribution in [2.24, 2.45) is 0 Å². The molecule has 20 heavy (non-hydrogen) atoms. The molecule has 0 saturated carbocycles. The Bertz CT molecular complexity index is 586. The van der Waals surface area contributed by atoms with Crippen LogP contribution in [0.5, 0.6) is 0 Å². The highest BCUT2D eigenvalue weighted by atomic mass is 32.2. The van der Waals surface area contributed by atoms with Crippen LogP contribution in [0.3, 0.4) is 0 Å². The molecule has 0 N–H and O–H groups in total. The first-order valence-electron chi connectivity index (χ1n) is 6.29. The van der Waals surface area contributed by atoms with E-state index in [0.29, 0.717) is 0 Å². The molecular formula is C14H15N3S3. The van der Waals surface area contributed by atoms with Gasteiger partial charge in [-0.25, -0.2) is 0 Å². The Morgan fingerprint density at radius 2 is 1.95 bits per heavy atom. The lowest BCUT2D eigenvalue weighted by atomic mass is 10.1. The minimum absolute atomic E-state index is 0.120. The number of nitriles is 1. The van der Waals surface area contributed by atoms with Crippen LogP contribution in [0.2, 0.25) is 0 Å². The molecule has 1 aromatic heterocycles. The molecule has 0 spiro atoms. The van der Waals surface area contributed by atoms with Gasteiger partial charge in [0, 0.05) is 0 Å². The molecular weight excluding hydrogens is 306 g/mol. The van der Waals surface area contributed by atoms with Crippen LogP contribution in [0.25, 0.3) is 0 Å². The number of aromatic nitrogens is 2. The molecule has 2 rings (SSSR count). The Balaban J connectivity index is 1.98. The first-order valence-corrected chi connectivity index (χ1v) is 8.97. The Kier molecular flexibility index (Phi) is 5.89. The first-order chi connectivity index (χ1) is 9.71. The summed E-state index contributed by atoms with van der Waals surface area (Å²) in [5.41, 5.74) is 2.42. The molecule has 0 fully saturated rings. The van der Waals surface area contributed by atoms with Crippen LogP contribution in [0.4, 0.5) is 0 Å². The second kappa shape index (κ2) is 7.67. The molecule has 6 heteroatoms. The molecule has 1 aromatic carbocycles. The van der Waals surface area contributed by atoms with E-state index in [1.54, 1.807) is 23.1 Å². The lowest BCUT2D eigenvalue weighted by molar-refractivity contribution is 0.947. The highest BCUT2D eigenvalue weighted by molar-refractivity contribution is 8.03. The van der Waals surface area contributed by atoms with Gasteiger partial charge in [-0.05, 0) is 24.7 Å². The van der Waals surface area contributed by atoms with E-state index in [2.05, 4.69) is 54.4 Å². The van der Waals surface area contributed by atoms with Crippen LogP contribution >= 0.6 is 34.9 Å². The number of thioether (sulfide) groups is 2. The maximum atomic E-state index is 9.29. The fourth-order valence-corrected chi connectivity index (χ4v) is 4.68. The quantitative estimate of drug-likeness (QED) is 0.747. The van der Waals surface area contributed by atoms with Gasteiger partial charge >= 0.3 is 0 Å². The Labute approximate surface area is 131 Å². The van der Waals surface area contributed by atoms with Gasteiger partial charge in [-0.2, -0.15) is 5.26 Å². The van der Waals surface area contributed by atoms with Crippen molar-refractivity contribution in [3.63, 3.8) is 0 Å². The monoisotopic (exact) mass is 321 g/mol. The van der Waals surface area contributed by atoms with Crippen molar-refractivity contribution in [2.75, 3.05) is 5.75 Å². The van der Waals surface area contributed by atoms with Crippen LogP contribution in [-0.4, -0.2) is 21.2 Å². The van der Waals surface area contributed by atoms with Gasteiger partial charge in [-0.1, -0.05) is 71.6 Å². The number of rotatable bonds is 6. The normalized spacial score (nSPS) is 12.1. The summed E-state index contributed by atoms with van der Waals surface area (Å²) in [4.78, 5) is 0. The number of hydrogen-bond donors (Lipinski definition) is 0. The zero-order valence-electron chi connectivity index (χ0n) is 11.4. The predicted molar refractivity (Wildman–Crippen MR) is 86.4 cm³/mol.